The van der Waals surface area contributed by atoms with Crippen molar-refractivity contribution in [2.24, 2.45) is 5.92 Å². The Kier molecular flexibility index (Phi) is 6.05. The molecule has 1 heterocycles. The Bertz CT molecular complexity index is 1130. The molecule has 2 N–H and O–H groups in total. The first kappa shape index (κ1) is 21.8. The molecule has 1 saturated carbocycles. The Morgan fingerprint density at radius 2 is 1.94 bits per heavy atom. The quantitative estimate of drug-likeness (QED) is 0.661. The molecule has 2 aromatic carbocycles. The molecule has 0 radical (unpaired) electrons. The predicted octanol–water partition coefficient (Wildman–Crippen LogP) is 3.33. The number of fused-ring (bicyclic) bond motifs is 1. The smallest absolute Gasteiger partial charge is 0.240 e. The summed E-state index contributed by atoms with van der Waals surface area (Å²) in [5.41, 5.74) is 2.20. The molecule has 1 aliphatic heterocycles. The number of sulfonamides is 1. The Labute approximate surface area is 186 Å². The highest BCUT2D eigenvalue weighted by Gasteiger charge is 2.39. The number of carbonyl (C=O) groups is 2. The summed E-state index contributed by atoms with van der Waals surface area (Å²) in [7, 11) is -3.77. The molecule has 1 fully saturated rings. The predicted molar refractivity (Wildman–Crippen MR) is 120 cm³/mol. The van der Waals surface area contributed by atoms with E-state index in [-0.39, 0.29) is 41.6 Å². The van der Waals surface area contributed by atoms with Gasteiger partial charge in [-0.15, -0.1) is 0 Å². The molecule has 0 spiro atoms. The minimum atomic E-state index is -3.77. The molecule has 2 amide bonds. The highest BCUT2D eigenvalue weighted by atomic mass is 35.5. The molecule has 2 aliphatic rings. The Morgan fingerprint density at radius 3 is 2.65 bits per heavy atom. The average molecular weight is 462 g/mol. The first-order chi connectivity index (χ1) is 14.7. The van der Waals surface area contributed by atoms with Gasteiger partial charge < -0.3 is 10.2 Å². The summed E-state index contributed by atoms with van der Waals surface area (Å²) in [4.78, 5) is 26.6. The summed E-state index contributed by atoms with van der Waals surface area (Å²) in [6.07, 6.45) is 2.47. The third kappa shape index (κ3) is 4.92. The van der Waals surface area contributed by atoms with Crippen LogP contribution in [0.3, 0.4) is 0 Å². The minimum absolute atomic E-state index is 0.0165. The van der Waals surface area contributed by atoms with E-state index in [9.17, 15) is 18.0 Å². The van der Waals surface area contributed by atoms with E-state index in [1.807, 2.05) is 6.92 Å². The highest BCUT2D eigenvalue weighted by molar-refractivity contribution is 7.89. The van der Waals surface area contributed by atoms with Crippen LogP contribution >= 0.6 is 11.6 Å². The van der Waals surface area contributed by atoms with Crippen molar-refractivity contribution in [3.8, 4) is 0 Å². The molecule has 1 aliphatic carbocycles. The monoisotopic (exact) mass is 461 g/mol. The zero-order valence-electron chi connectivity index (χ0n) is 17.1. The molecule has 164 valence electrons. The normalized spacial score (nSPS) is 18.0. The van der Waals surface area contributed by atoms with Crippen molar-refractivity contribution in [3.05, 3.63) is 53.1 Å². The van der Waals surface area contributed by atoms with Gasteiger partial charge in [0.05, 0.1) is 4.90 Å². The van der Waals surface area contributed by atoms with Crippen LogP contribution in [-0.2, 0) is 26.0 Å². The van der Waals surface area contributed by atoms with E-state index in [1.165, 1.54) is 6.07 Å². The average Bonchev–Trinajstić information content (AvgIpc) is 3.49. The van der Waals surface area contributed by atoms with Crippen LogP contribution in [0.5, 0.6) is 0 Å². The third-order valence-electron chi connectivity index (χ3n) is 5.49. The Morgan fingerprint density at radius 1 is 1.16 bits per heavy atom. The van der Waals surface area contributed by atoms with Gasteiger partial charge >= 0.3 is 0 Å². The van der Waals surface area contributed by atoms with Gasteiger partial charge in [0.25, 0.3) is 0 Å². The molecular weight excluding hydrogens is 438 g/mol. The van der Waals surface area contributed by atoms with Crippen molar-refractivity contribution >= 4 is 44.8 Å². The molecule has 31 heavy (non-hydrogen) atoms. The van der Waals surface area contributed by atoms with Crippen molar-refractivity contribution in [2.45, 2.75) is 43.5 Å². The van der Waals surface area contributed by atoms with E-state index in [2.05, 4.69) is 10.0 Å². The number of hydrogen-bond donors (Lipinski definition) is 2. The number of carbonyl (C=O) groups excluding carboxylic acids is 2. The van der Waals surface area contributed by atoms with E-state index in [0.29, 0.717) is 17.1 Å². The maximum absolute atomic E-state index is 12.7. The largest absolute Gasteiger partial charge is 0.326 e. The van der Waals surface area contributed by atoms with Gasteiger partial charge in [0.1, 0.15) is 0 Å². The summed E-state index contributed by atoms with van der Waals surface area (Å²) in [6, 6.07) is 11.6. The lowest BCUT2D eigenvalue weighted by Crippen LogP contribution is -2.36. The van der Waals surface area contributed by atoms with E-state index in [1.54, 1.807) is 41.3 Å². The second kappa shape index (κ2) is 8.61. The molecule has 0 aromatic heterocycles. The maximum Gasteiger partial charge on any atom is 0.240 e. The molecule has 4 rings (SSSR count). The van der Waals surface area contributed by atoms with Crippen LogP contribution in [0.2, 0.25) is 5.02 Å². The van der Waals surface area contributed by atoms with Crippen molar-refractivity contribution in [1.29, 1.82) is 0 Å². The maximum atomic E-state index is 12.7. The lowest BCUT2D eigenvalue weighted by Gasteiger charge is -2.22. The molecule has 0 saturated heterocycles. The van der Waals surface area contributed by atoms with Crippen LogP contribution in [0.25, 0.3) is 0 Å². The van der Waals surface area contributed by atoms with Gasteiger partial charge in [-0.1, -0.05) is 17.7 Å². The number of nitrogens with zero attached hydrogens (tertiary/aromatic N) is 1. The number of nitrogens with one attached hydrogen (secondary N) is 2. The van der Waals surface area contributed by atoms with Crippen molar-refractivity contribution in [3.63, 3.8) is 0 Å². The van der Waals surface area contributed by atoms with Crippen LogP contribution < -0.4 is 14.9 Å². The van der Waals surface area contributed by atoms with E-state index >= 15 is 0 Å². The molecule has 2 aromatic rings. The molecule has 7 nitrogen and oxygen atoms in total. The summed E-state index contributed by atoms with van der Waals surface area (Å²) < 4.78 is 27.9. The van der Waals surface area contributed by atoms with Gasteiger partial charge in [0.15, 0.2) is 0 Å². The van der Waals surface area contributed by atoms with Gasteiger partial charge in [-0.2, -0.15) is 0 Å². The SMILES string of the molecule is CC1Cc2cc(S(=O)(=O)NCCC(=O)Nc3cccc(Cl)c3)ccc2N1C(=O)C1CC1. The van der Waals surface area contributed by atoms with Crippen LogP contribution in [0.15, 0.2) is 47.4 Å². The zero-order chi connectivity index (χ0) is 22.2. The van der Waals surface area contributed by atoms with Crippen molar-refractivity contribution in [1.82, 2.24) is 4.72 Å². The molecular formula is C22H24ClN3O4S. The van der Waals surface area contributed by atoms with Crippen molar-refractivity contribution in [2.75, 3.05) is 16.8 Å². The summed E-state index contributed by atoms with van der Waals surface area (Å²) in [6.45, 7) is 1.94. The first-order valence-electron chi connectivity index (χ1n) is 10.3. The van der Waals surface area contributed by atoms with Crippen molar-refractivity contribution < 1.29 is 18.0 Å². The van der Waals surface area contributed by atoms with Gasteiger partial charge in [-0.05, 0) is 68.1 Å². The van der Waals surface area contributed by atoms with Gasteiger partial charge in [0, 0.05) is 41.3 Å². The number of hydrogen-bond acceptors (Lipinski definition) is 4. The van der Waals surface area contributed by atoms with Crippen LogP contribution in [0, 0.1) is 5.92 Å². The fourth-order valence-electron chi connectivity index (χ4n) is 3.81. The fourth-order valence-corrected chi connectivity index (χ4v) is 5.08. The number of halogens is 1. The van der Waals surface area contributed by atoms with Gasteiger partial charge in [0.2, 0.25) is 21.8 Å². The lowest BCUT2D eigenvalue weighted by molar-refractivity contribution is -0.120. The number of anilines is 2. The highest BCUT2D eigenvalue weighted by Crippen LogP contribution is 2.39. The van der Waals surface area contributed by atoms with Gasteiger partial charge in [-0.25, -0.2) is 13.1 Å². The number of benzene rings is 2. The Balaban J connectivity index is 1.37. The number of rotatable bonds is 7. The second-order valence-corrected chi connectivity index (χ2v) is 10.2. The first-order valence-corrected chi connectivity index (χ1v) is 12.1. The summed E-state index contributed by atoms with van der Waals surface area (Å²) in [5.74, 6) is -0.0794. The topological polar surface area (TPSA) is 95.6 Å². The molecule has 0 bridgehead atoms. The lowest BCUT2D eigenvalue weighted by atomic mass is 10.1. The third-order valence-corrected chi connectivity index (χ3v) is 7.19. The van der Waals surface area contributed by atoms with E-state index < -0.39 is 10.0 Å². The van der Waals surface area contributed by atoms with Crippen LogP contribution in [0.1, 0.15) is 31.7 Å². The molecule has 9 heteroatoms. The van der Waals surface area contributed by atoms with Crippen LogP contribution in [-0.4, -0.2) is 32.8 Å². The summed E-state index contributed by atoms with van der Waals surface area (Å²) >= 11 is 5.89. The van der Waals surface area contributed by atoms with E-state index in [4.69, 9.17) is 11.6 Å². The van der Waals surface area contributed by atoms with Crippen LogP contribution in [0.4, 0.5) is 11.4 Å². The number of amides is 2. The minimum Gasteiger partial charge on any atom is -0.326 e. The standard InChI is InChI=1S/C22H24ClN3O4S/c1-14-11-16-12-19(7-8-20(16)26(14)22(28)15-5-6-15)31(29,30)24-10-9-21(27)25-18-4-2-3-17(23)13-18/h2-4,7-8,12-15,24H,5-6,9-11H2,1H3,(H,25,27). The second-order valence-electron chi connectivity index (χ2n) is 8.03. The van der Waals surface area contributed by atoms with Gasteiger partial charge in [-0.3, -0.25) is 9.59 Å². The Hall–Kier alpha value is -2.42. The van der Waals surface area contributed by atoms with E-state index in [0.717, 1.165) is 24.1 Å². The molecule has 1 atom stereocenters. The zero-order valence-corrected chi connectivity index (χ0v) is 18.7. The molecule has 1 unspecified atom stereocenters. The fraction of sp³-hybridized carbons (Fsp3) is 0.364. The summed E-state index contributed by atoms with van der Waals surface area (Å²) in [5, 5.41) is 3.18.